The van der Waals surface area contributed by atoms with Gasteiger partial charge in [0.05, 0.1) is 16.6 Å². The monoisotopic (exact) mass is 250 g/mol. The Morgan fingerprint density at radius 1 is 1.56 bits per heavy atom. The van der Waals surface area contributed by atoms with E-state index in [0.717, 1.165) is 12.0 Å². The third-order valence-corrected chi connectivity index (χ3v) is 3.66. The van der Waals surface area contributed by atoms with Crippen LogP contribution < -0.4 is 5.32 Å². The highest BCUT2D eigenvalue weighted by Crippen LogP contribution is 2.34. The van der Waals surface area contributed by atoms with Gasteiger partial charge in [-0.05, 0) is 38.8 Å². The van der Waals surface area contributed by atoms with Crippen LogP contribution >= 0.6 is 0 Å². The van der Waals surface area contributed by atoms with Crippen molar-refractivity contribution in [1.29, 1.82) is 0 Å². The predicted molar refractivity (Wildman–Crippen MR) is 69.9 cm³/mol. The summed E-state index contributed by atoms with van der Waals surface area (Å²) in [6, 6.07) is 5.11. The SMILES string of the molecule is Cc1ccc([N+](=O)[O-])c(NC2(C)CCOC2C)c1. The van der Waals surface area contributed by atoms with Gasteiger partial charge in [0.2, 0.25) is 0 Å². The van der Waals surface area contributed by atoms with Crippen LogP contribution in [0.4, 0.5) is 11.4 Å². The Labute approximate surface area is 106 Å². The molecular formula is C13H18N2O3. The van der Waals surface area contributed by atoms with E-state index in [1.807, 2.05) is 26.8 Å². The third-order valence-electron chi connectivity index (χ3n) is 3.66. The molecule has 0 spiro atoms. The second kappa shape index (κ2) is 4.57. The number of nitrogens with zero attached hydrogens (tertiary/aromatic N) is 1. The lowest BCUT2D eigenvalue weighted by atomic mass is 9.94. The normalized spacial score (nSPS) is 27.2. The van der Waals surface area contributed by atoms with Gasteiger partial charge in [-0.25, -0.2) is 0 Å². The first-order chi connectivity index (χ1) is 8.42. The first-order valence-electron chi connectivity index (χ1n) is 6.07. The van der Waals surface area contributed by atoms with Crippen LogP contribution in [0.1, 0.15) is 25.8 Å². The second-order valence-electron chi connectivity index (χ2n) is 5.08. The van der Waals surface area contributed by atoms with Crippen molar-refractivity contribution in [2.45, 2.75) is 38.8 Å². The van der Waals surface area contributed by atoms with Crippen LogP contribution in [0.15, 0.2) is 18.2 Å². The zero-order valence-corrected chi connectivity index (χ0v) is 10.9. The fraction of sp³-hybridized carbons (Fsp3) is 0.538. The van der Waals surface area contributed by atoms with E-state index in [1.165, 1.54) is 0 Å². The minimum absolute atomic E-state index is 0.0395. The number of hydrogen-bond donors (Lipinski definition) is 1. The molecule has 1 heterocycles. The summed E-state index contributed by atoms with van der Waals surface area (Å²) in [6.45, 7) is 6.63. The Balaban J connectivity index is 2.33. The first kappa shape index (κ1) is 12.8. The molecule has 2 unspecified atom stereocenters. The first-order valence-corrected chi connectivity index (χ1v) is 6.07. The van der Waals surface area contributed by atoms with Gasteiger partial charge >= 0.3 is 0 Å². The Morgan fingerprint density at radius 2 is 2.28 bits per heavy atom. The smallest absolute Gasteiger partial charge is 0.292 e. The van der Waals surface area contributed by atoms with Gasteiger partial charge in [0.15, 0.2) is 0 Å². The molecule has 1 aromatic carbocycles. The zero-order chi connectivity index (χ0) is 13.3. The van der Waals surface area contributed by atoms with E-state index < -0.39 is 0 Å². The van der Waals surface area contributed by atoms with Gasteiger partial charge in [-0.1, -0.05) is 6.07 Å². The van der Waals surface area contributed by atoms with Crippen molar-refractivity contribution in [2.75, 3.05) is 11.9 Å². The summed E-state index contributed by atoms with van der Waals surface area (Å²) in [5, 5.41) is 14.3. The third kappa shape index (κ3) is 2.31. The Hall–Kier alpha value is -1.62. The average Bonchev–Trinajstić information content (AvgIpc) is 2.58. The summed E-state index contributed by atoms with van der Waals surface area (Å²) in [7, 11) is 0. The summed E-state index contributed by atoms with van der Waals surface area (Å²) in [6.07, 6.45) is 0.886. The summed E-state index contributed by atoms with van der Waals surface area (Å²) in [5.74, 6) is 0. The molecule has 1 aromatic rings. The molecule has 0 radical (unpaired) electrons. The van der Waals surface area contributed by atoms with Crippen LogP contribution in [-0.4, -0.2) is 23.2 Å². The number of anilines is 1. The molecule has 2 rings (SSSR count). The predicted octanol–water partition coefficient (Wildman–Crippen LogP) is 2.88. The molecule has 0 aliphatic carbocycles. The molecule has 2 atom stereocenters. The number of nitro groups is 1. The van der Waals surface area contributed by atoms with Gasteiger partial charge in [-0.2, -0.15) is 0 Å². The van der Waals surface area contributed by atoms with Crippen LogP contribution in [0.3, 0.4) is 0 Å². The van der Waals surface area contributed by atoms with Crippen molar-refractivity contribution in [1.82, 2.24) is 0 Å². The van der Waals surface area contributed by atoms with E-state index >= 15 is 0 Å². The molecule has 1 aliphatic rings. The molecule has 18 heavy (non-hydrogen) atoms. The van der Waals surface area contributed by atoms with Crippen molar-refractivity contribution in [3.63, 3.8) is 0 Å². The van der Waals surface area contributed by atoms with Crippen molar-refractivity contribution < 1.29 is 9.66 Å². The van der Waals surface area contributed by atoms with Crippen molar-refractivity contribution in [3.8, 4) is 0 Å². The highest BCUT2D eigenvalue weighted by atomic mass is 16.6. The summed E-state index contributed by atoms with van der Waals surface area (Å²) >= 11 is 0. The molecule has 0 aromatic heterocycles. The van der Waals surface area contributed by atoms with Gasteiger partial charge in [0.25, 0.3) is 5.69 Å². The molecule has 1 saturated heterocycles. The van der Waals surface area contributed by atoms with Gasteiger partial charge in [0.1, 0.15) is 5.69 Å². The topological polar surface area (TPSA) is 64.4 Å². The van der Waals surface area contributed by atoms with Gasteiger partial charge in [0, 0.05) is 12.7 Å². The van der Waals surface area contributed by atoms with Crippen LogP contribution in [0, 0.1) is 17.0 Å². The zero-order valence-electron chi connectivity index (χ0n) is 10.9. The summed E-state index contributed by atoms with van der Waals surface area (Å²) < 4.78 is 5.54. The van der Waals surface area contributed by atoms with Crippen LogP contribution in [0.5, 0.6) is 0 Å². The van der Waals surface area contributed by atoms with E-state index in [9.17, 15) is 10.1 Å². The molecule has 98 valence electrons. The van der Waals surface area contributed by atoms with Crippen molar-refractivity contribution >= 4 is 11.4 Å². The van der Waals surface area contributed by atoms with E-state index in [0.29, 0.717) is 12.3 Å². The number of hydrogen-bond acceptors (Lipinski definition) is 4. The fourth-order valence-corrected chi connectivity index (χ4v) is 2.22. The molecule has 1 N–H and O–H groups in total. The standard InChI is InChI=1S/C13H18N2O3/c1-9-4-5-12(15(16)17)11(8-9)14-13(3)6-7-18-10(13)2/h4-5,8,10,14H,6-7H2,1-3H3. The number of nitro benzene ring substituents is 1. The minimum atomic E-state index is -0.356. The largest absolute Gasteiger partial charge is 0.376 e. The molecule has 0 bridgehead atoms. The van der Waals surface area contributed by atoms with Gasteiger partial charge < -0.3 is 10.1 Å². The maximum atomic E-state index is 11.0. The fourth-order valence-electron chi connectivity index (χ4n) is 2.22. The molecule has 5 nitrogen and oxygen atoms in total. The molecule has 0 amide bonds. The summed E-state index contributed by atoms with van der Waals surface area (Å²) in [5.41, 5.74) is 1.43. The number of ether oxygens (including phenoxy) is 1. The van der Waals surface area contributed by atoms with Crippen LogP contribution in [0.2, 0.25) is 0 Å². The molecular weight excluding hydrogens is 232 g/mol. The Morgan fingerprint density at radius 3 is 2.83 bits per heavy atom. The highest BCUT2D eigenvalue weighted by molar-refractivity contribution is 5.64. The van der Waals surface area contributed by atoms with Crippen LogP contribution in [-0.2, 0) is 4.74 Å². The lowest BCUT2D eigenvalue weighted by Gasteiger charge is -2.30. The maximum absolute atomic E-state index is 11.0. The van der Waals surface area contributed by atoms with Gasteiger partial charge in [-0.15, -0.1) is 0 Å². The Bertz CT molecular complexity index is 475. The number of aryl methyl sites for hydroxylation is 1. The number of nitrogens with one attached hydrogen (secondary N) is 1. The minimum Gasteiger partial charge on any atom is -0.376 e. The van der Waals surface area contributed by atoms with E-state index in [2.05, 4.69) is 5.32 Å². The van der Waals surface area contributed by atoms with E-state index in [4.69, 9.17) is 4.74 Å². The maximum Gasteiger partial charge on any atom is 0.292 e. The highest BCUT2D eigenvalue weighted by Gasteiger charge is 2.38. The number of benzene rings is 1. The average molecular weight is 250 g/mol. The lowest BCUT2D eigenvalue weighted by Crippen LogP contribution is -2.41. The van der Waals surface area contributed by atoms with Gasteiger partial charge in [-0.3, -0.25) is 10.1 Å². The van der Waals surface area contributed by atoms with Crippen molar-refractivity contribution in [3.05, 3.63) is 33.9 Å². The Kier molecular flexibility index (Phi) is 3.26. The second-order valence-corrected chi connectivity index (χ2v) is 5.08. The lowest BCUT2D eigenvalue weighted by molar-refractivity contribution is -0.384. The quantitative estimate of drug-likeness (QED) is 0.661. The van der Waals surface area contributed by atoms with E-state index in [1.54, 1.807) is 12.1 Å². The molecule has 5 heteroatoms. The molecule has 1 fully saturated rings. The van der Waals surface area contributed by atoms with E-state index in [-0.39, 0.29) is 22.3 Å². The summed E-state index contributed by atoms with van der Waals surface area (Å²) in [4.78, 5) is 10.7. The van der Waals surface area contributed by atoms with Crippen molar-refractivity contribution in [2.24, 2.45) is 0 Å². The molecule has 1 aliphatic heterocycles. The van der Waals surface area contributed by atoms with Crippen LogP contribution in [0.25, 0.3) is 0 Å². The number of rotatable bonds is 3. The molecule has 0 saturated carbocycles.